The lowest BCUT2D eigenvalue weighted by atomic mass is 10.1. The van der Waals surface area contributed by atoms with Crippen molar-refractivity contribution in [2.24, 2.45) is 11.6 Å². The molecule has 0 aliphatic heterocycles. The Hall–Kier alpha value is -0.450. The highest BCUT2D eigenvalue weighted by Crippen LogP contribution is 1.95. The molecule has 0 aromatic heterocycles. The monoisotopic (exact) mass is 145 g/mol. The van der Waals surface area contributed by atoms with Gasteiger partial charge in [-0.1, -0.05) is 6.42 Å². The van der Waals surface area contributed by atoms with E-state index in [0.717, 1.165) is 25.5 Å². The third-order valence-corrected chi connectivity index (χ3v) is 1.35. The van der Waals surface area contributed by atoms with Crippen LogP contribution in [0.5, 0.6) is 0 Å². The molecule has 0 aliphatic carbocycles. The van der Waals surface area contributed by atoms with E-state index in [0.29, 0.717) is 6.54 Å². The van der Waals surface area contributed by atoms with Crippen LogP contribution in [-0.4, -0.2) is 18.9 Å². The molecule has 0 radical (unpaired) electrons. The molecule has 0 rings (SSSR count). The van der Waals surface area contributed by atoms with Crippen molar-refractivity contribution in [3.05, 3.63) is 0 Å². The van der Waals surface area contributed by atoms with Gasteiger partial charge in [-0.2, -0.15) is 0 Å². The number of nitrogens with one attached hydrogen (secondary N) is 1. The van der Waals surface area contributed by atoms with Crippen LogP contribution in [0.25, 0.3) is 0 Å². The molecule has 0 aromatic rings. The van der Waals surface area contributed by atoms with Crippen molar-refractivity contribution in [2.75, 3.05) is 6.54 Å². The minimum absolute atomic E-state index is 0.202. The van der Waals surface area contributed by atoms with Gasteiger partial charge in [0.2, 0.25) is 0 Å². The topological polar surface area (TPSA) is 81.1 Å². The lowest BCUT2D eigenvalue weighted by Gasteiger charge is -2.06. The van der Waals surface area contributed by atoms with Gasteiger partial charge < -0.3 is 10.5 Å². The SMILES string of the molecule is NCCCC[C@@H](C=O)NN. The first kappa shape index (κ1) is 9.55. The van der Waals surface area contributed by atoms with Crippen LogP contribution in [-0.2, 0) is 4.79 Å². The van der Waals surface area contributed by atoms with Gasteiger partial charge in [-0.3, -0.25) is 11.3 Å². The number of hydrogen-bond acceptors (Lipinski definition) is 4. The molecule has 60 valence electrons. The number of rotatable bonds is 6. The highest BCUT2D eigenvalue weighted by molar-refractivity contribution is 5.57. The first-order valence-electron chi connectivity index (χ1n) is 3.46. The van der Waals surface area contributed by atoms with Crippen LogP contribution in [0.4, 0.5) is 0 Å². The fraction of sp³-hybridized carbons (Fsp3) is 0.833. The summed E-state index contributed by atoms with van der Waals surface area (Å²) in [5.74, 6) is 5.05. The molecule has 1 atom stereocenters. The second-order valence-corrected chi connectivity index (χ2v) is 2.19. The molecule has 0 aromatic carbocycles. The fourth-order valence-electron chi connectivity index (χ4n) is 0.699. The van der Waals surface area contributed by atoms with Crippen LogP contribution in [0, 0.1) is 0 Å². The van der Waals surface area contributed by atoms with E-state index in [1.807, 2.05) is 0 Å². The van der Waals surface area contributed by atoms with Gasteiger partial charge in [-0.05, 0) is 19.4 Å². The zero-order valence-corrected chi connectivity index (χ0v) is 6.05. The van der Waals surface area contributed by atoms with Crippen molar-refractivity contribution in [2.45, 2.75) is 25.3 Å². The zero-order valence-electron chi connectivity index (χ0n) is 6.05. The predicted octanol–water partition coefficient (Wildman–Crippen LogP) is -0.854. The standard InChI is InChI=1S/C6H15N3O/c7-4-2-1-3-6(5-10)9-8/h5-6,9H,1-4,7-8H2/t6-/m0/s1. The van der Waals surface area contributed by atoms with Crippen LogP contribution in [0.15, 0.2) is 0 Å². The summed E-state index contributed by atoms with van der Waals surface area (Å²) in [5, 5.41) is 0. The molecule has 0 fully saturated rings. The maximum Gasteiger partial charge on any atom is 0.138 e. The van der Waals surface area contributed by atoms with Crippen LogP contribution in [0.2, 0.25) is 0 Å². The smallest absolute Gasteiger partial charge is 0.138 e. The lowest BCUT2D eigenvalue weighted by Crippen LogP contribution is -2.36. The summed E-state index contributed by atoms with van der Waals surface area (Å²) in [7, 11) is 0. The third-order valence-electron chi connectivity index (χ3n) is 1.35. The minimum atomic E-state index is -0.202. The van der Waals surface area contributed by atoms with Gasteiger partial charge in [-0.15, -0.1) is 0 Å². The van der Waals surface area contributed by atoms with Gasteiger partial charge in [0.05, 0.1) is 6.04 Å². The quantitative estimate of drug-likeness (QED) is 0.197. The second-order valence-electron chi connectivity index (χ2n) is 2.19. The third kappa shape index (κ3) is 4.43. The Bertz CT molecular complexity index is 87.1. The van der Waals surface area contributed by atoms with Gasteiger partial charge in [0.15, 0.2) is 0 Å². The zero-order chi connectivity index (χ0) is 7.82. The number of hydrogen-bond donors (Lipinski definition) is 3. The first-order valence-corrected chi connectivity index (χ1v) is 3.46. The van der Waals surface area contributed by atoms with Crippen LogP contribution >= 0.6 is 0 Å². The van der Waals surface area contributed by atoms with Crippen LogP contribution in [0.3, 0.4) is 0 Å². The van der Waals surface area contributed by atoms with E-state index in [-0.39, 0.29) is 6.04 Å². The maximum absolute atomic E-state index is 10.2. The summed E-state index contributed by atoms with van der Waals surface area (Å²) in [4.78, 5) is 10.2. The van der Waals surface area contributed by atoms with E-state index in [4.69, 9.17) is 11.6 Å². The van der Waals surface area contributed by atoms with Crippen molar-refractivity contribution in [3.63, 3.8) is 0 Å². The van der Waals surface area contributed by atoms with Crippen molar-refractivity contribution in [1.82, 2.24) is 5.43 Å². The highest BCUT2D eigenvalue weighted by Gasteiger charge is 2.01. The molecule has 0 heterocycles. The molecular formula is C6H15N3O. The van der Waals surface area contributed by atoms with Crippen LogP contribution < -0.4 is 17.0 Å². The number of aldehydes is 1. The van der Waals surface area contributed by atoms with Gasteiger partial charge >= 0.3 is 0 Å². The molecular weight excluding hydrogens is 130 g/mol. The molecule has 0 amide bonds. The predicted molar refractivity (Wildman–Crippen MR) is 40.1 cm³/mol. The Morgan fingerprint density at radius 3 is 2.60 bits per heavy atom. The maximum atomic E-state index is 10.2. The van der Waals surface area contributed by atoms with Gasteiger partial charge in [-0.25, -0.2) is 0 Å². The summed E-state index contributed by atoms with van der Waals surface area (Å²) >= 11 is 0. The van der Waals surface area contributed by atoms with Gasteiger partial charge in [0.1, 0.15) is 6.29 Å². The van der Waals surface area contributed by atoms with E-state index >= 15 is 0 Å². The summed E-state index contributed by atoms with van der Waals surface area (Å²) < 4.78 is 0. The van der Waals surface area contributed by atoms with Crippen molar-refractivity contribution >= 4 is 6.29 Å². The molecule has 0 aliphatic rings. The average Bonchev–Trinajstić information content (AvgIpc) is 1.99. The molecule has 5 N–H and O–H groups in total. The highest BCUT2D eigenvalue weighted by atomic mass is 16.1. The summed E-state index contributed by atoms with van der Waals surface area (Å²) in [6.45, 7) is 0.677. The molecule has 0 bridgehead atoms. The Morgan fingerprint density at radius 2 is 2.20 bits per heavy atom. The van der Waals surface area contributed by atoms with E-state index in [1.165, 1.54) is 0 Å². The lowest BCUT2D eigenvalue weighted by molar-refractivity contribution is -0.109. The number of hydrazine groups is 1. The molecule has 4 heteroatoms. The van der Waals surface area contributed by atoms with Gasteiger partial charge in [0.25, 0.3) is 0 Å². The molecule has 0 unspecified atom stereocenters. The molecule has 0 saturated heterocycles. The van der Waals surface area contributed by atoms with Gasteiger partial charge in [0, 0.05) is 0 Å². The van der Waals surface area contributed by atoms with Crippen LogP contribution in [0.1, 0.15) is 19.3 Å². The van der Waals surface area contributed by atoms with E-state index in [1.54, 1.807) is 0 Å². The fourth-order valence-corrected chi connectivity index (χ4v) is 0.699. The Balaban J connectivity index is 3.17. The van der Waals surface area contributed by atoms with Crippen molar-refractivity contribution in [1.29, 1.82) is 0 Å². The number of carbonyl (C=O) groups is 1. The second kappa shape index (κ2) is 6.67. The molecule has 10 heavy (non-hydrogen) atoms. The number of nitrogens with two attached hydrogens (primary N) is 2. The Labute approximate surface area is 60.9 Å². The van der Waals surface area contributed by atoms with Crippen molar-refractivity contribution < 1.29 is 4.79 Å². The average molecular weight is 145 g/mol. The minimum Gasteiger partial charge on any atom is -0.330 e. The normalized spacial score (nSPS) is 13.0. The van der Waals surface area contributed by atoms with E-state index < -0.39 is 0 Å². The largest absolute Gasteiger partial charge is 0.330 e. The Morgan fingerprint density at radius 1 is 1.50 bits per heavy atom. The Kier molecular flexibility index (Phi) is 6.37. The summed E-state index contributed by atoms with van der Waals surface area (Å²) in [6, 6.07) is -0.202. The summed E-state index contributed by atoms with van der Waals surface area (Å²) in [5.41, 5.74) is 7.66. The van der Waals surface area contributed by atoms with E-state index in [9.17, 15) is 4.79 Å². The number of unbranched alkanes of at least 4 members (excludes halogenated alkanes) is 1. The summed E-state index contributed by atoms with van der Waals surface area (Å²) in [6.07, 6.45) is 3.49. The molecule has 0 spiro atoms. The first-order chi connectivity index (χ1) is 4.85. The number of carbonyl (C=O) groups excluding carboxylic acids is 1. The van der Waals surface area contributed by atoms with E-state index in [2.05, 4.69) is 5.43 Å². The van der Waals surface area contributed by atoms with Crippen molar-refractivity contribution in [3.8, 4) is 0 Å². The molecule has 0 saturated carbocycles. The molecule has 4 nitrogen and oxygen atoms in total.